The molecule has 2 aliphatic heterocycles. The Bertz CT molecular complexity index is 1210. The summed E-state index contributed by atoms with van der Waals surface area (Å²) >= 11 is 0. The molecule has 0 bridgehead atoms. The van der Waals surface area contributed by atoms with E-state index in [4.69, 9.17) is 0 Å². The molecule has 3 heteroatoms. The molecule has 144 valence electrons. The highest BCUT2D eigenvalue weighted by Crippen LogP contribution is 2.55. The molecule has 2 heterocycles. The number of nitrogens with zero attached hydrogens (tertiary/aromatic N) is 1. The Morgan fingerprint density at radius 2 is 1.33 bits per heavy atom. The van der Waals surface area contributed by atoms with Crippen LogP contribution in [0.15, 0.2) is 103 Å². The van der Waals surface area contributed by atoms with Crippen LogP contribution in [-0.2, 0) is 0 Å². The van der Waals surface area contributed by atoms with E-state index in [-0.39, 0.29) is 18.2 Å². The third-order valence-electron chi connectivity index (χ3n) is 6.51. The Labute approximate surface area is 178 Å². The fraction of sp³-hybridized carbons (Fsp3) is 0.111. The molecule has 6 rings (SSSR count). The summed E-state index contributed by atoms with van der Waals surface area (Å²) in [5, 5.41) is 3.99. The third-order valence-corrected chi connectivity index (χ3v) is 6.51. The van der Waals surface area contributed by atoms with Crippen LogP contribution < -0.4 is 15.7 Å². The van der Waals surface area contributed by atoms with Crippen molar-refractivity contribution in [1.29, 1.82) is 0 Å². The normalized spacial score (nSPS) is 21.6. The van der Waals surface area contributed by atoms with E-state index in [1.807, 2.05) is 0 Å². The monoisotopic (exact) mass is 386 g/mol. The molecule has 1 saturated heterocycles. The van der Waals surface area contributed by atoms with Gasteiger partial charge in [0, 0.05) is 11.3 Å². The molecule has 30 heavy (non-hydrogen) atoms. The summed E-state index contributed by atoms with van der Waals surface area (Å²) in [6.07, 6.45) is 0.121. The lowest BCUT2D eigenvalue weighted by molar-refractivity contribution is 0.554. The molecule has 4 aromatic carbocycles. The number of hydrogen-bond donors (Lipinski definition) is 1. The maximum atomic E-state index is 3.99. The summed E-state index contributed by atoms with van der Waals surface area (Å²) in [5.41, 5.74) is 9.31. The van der Waals surface area contributed by atoms with E-state index >= 15 is 0 Å². The second-order valence-corrected chi connectivity index (χ2v) is 8.33. The van der Waals surface area contributed by atoms with Crippen molar-refractivity contribution < 1.29 is 0 Å². The van der Waals surface area contributed by atoms with Crippen molar-refractivity contribution in [3.63, 3.8) is 0 Å². The molecular formula is C27H23BN2. The van der Waals surface area contributed by atoms with Crippen LogP contribution in [-0.4, -0.2) is 7.85 Å². The van der Waals surface area contributed by atoms with Crippen molar-refractivity contribution >= 4 is 19.0 Å². The second kappa shape index (κ2) is 6.89. The predicted octanol–water partition coefficient (Wildman–Crippen LogP) is 4.52. The highest BCUT2D eigenvalue weighted by Gasteiger charge is 2.46. The van der Waals surface area contributed by atoms with Crippen LogP contribution in [0.5, 0.6) is 0 Å². The van der Waals surface area contributed by atoms with Gasteiger partial charge in [0.25, 0.3) is 0 Å². The SMILES string of the molecule is Bc1ccc2c(c1)N1C(c3ccccc3)NC(c3ccccc3)C1c1ccccc1-2. The van der Waals surface area contributed by atoms with Gasteiger partial charge in [-0.25, -0.2) is 0 Å². The van der Waals surface area contributed by atoms with E-state index in [1.165, 1.54) is 39.0 Å². The first kappa shape index (κ1) is 17.6. The minimum atomic E-state index is 0.121. The number of hydrogen-bond acceptors (Lipinski definition) is 2. The quantitative estimate of drug-likeness (QED) is 0.510. The van der Waals surface area contributed by atoms with Crippen LogP contribution in [0, 0.1) is 0 Å². The van der Waals surface area contributed by atoms with Crippen molar-refractivity contribution in [2.24, 2.45) is 0 Å². The molecule has 4 aromatic rings. The van der Waals surface area contributed by atoms with Crippen molar-refractivity contribution in [3.8, 4) is 11.1 Å². The first-order chi connectivity index (χ1) is 14.8. The van der Waals surface area contributed by atoms with Gasteiger partial charge in [0.05, 0.1) is 12.1 Å². The van der Waals surface area contributed by atoms with Gasteiger partial charge in [0.2, 0.25) is 0 Å². The summed E-state index contributed by atoms with van der Waals surface area (Å²) in [6, 6.07) is 37.9. The predicted molar refractivity (Wildman–Crippen MR) is 127 cm³/mol. The van der Waals surface area contributed by atoms with Gasteiger partial charge in [-0.1, -0.05) is 103 Å². The molecule has 1 N–H and O–H groups in total. The highest BCUT2D eigenvalue weighted by molar-refractivity contribution is 6.32. The smallest absolute Gasteiger partial charge is 0.139 e. The Morgan fingerprint density at radius 3 is 2.10 bits per heavy atom. The average Bonchev–Trinajstić information content (AvgIpc) is 3.21. The number of rotatable bonds is 2. The molecule has 1 fully saturated rings. The lowest BCUT2D eigenvalue weighted by Gasteiger charge is -2.39. The van der Waals surface area contributed by atoms with Crippen molar-refractivity contribution in [3.05, 3.63) is 120 Å². The minimum Gasteiger partial charge on any atom is -0.342 e. The Balaban J connectivity index is 1.61. The maximum Gasteiger partial charge on any atom is 0.139 e. The molecule has 2 aliphatic rings. The van der Waals surface area contributed by atoms with Gasteiger partial charge in [-0.3, -0.25) is 5.32 Å². The van der Waals surface area contributed by atoms with Crippen LogP contribution >= 0.6 is 0 Å². The summed E-state index contributed by atoms with van der Waals surface area (Å²) in [6.45, 7) is 0. The van der Waals surface area contributed by atoms with Crippen molar-refractivity contribution in [2.75, 3.05) is 4.90 Å². The molecule has 0 radical (unpaired) electrons. The Kier molecular flexibility index (Phi) is 4.03. The summed E-state index contributed by atoms with van der Waals surface area (Å²) in [5.74, 6) is 0. The second-order valence-electron chi connectivity index (χ2n) is 8.33. The van der Waals surface area contributed by atoms with Gasteiger partial charge in [-0.05, 0) is 28.3 Å². The van der Waals surface area contributed by atoms with E-state index in [2.05, 4.69) is 121 Å². The van der Waals surface area contributed by atoms with Gasteiger partial charge in [-0.2, -0.15) is 0 Å². The van der Waals surface area contributed by atoms with Gasteiger partial charge in [0.15, 0.2) is 0 Å². The van der Waals surface area contributed by atoms with Crippen LogP contribution in [0.2, 0.25) is 0 Å². The first-order valence-corrected chi connectivity index (χ1v) is 10.7. The zero-order chi connectivity index (χ0) is 20.1. The van der Waals surface area contributed by atoms with E-state index in [1.54, 1.807) is 0 Å². The third kappa shape index (κ3) is 2.63. The largest absolute Gasteiger partial charge is 0.342 e. The number of benzene rings is 4. The van der Waals surface area contributed by atoms with Gasteiger partial charge in [0.1, 0.15) is 14.0 Å². The maximum absolute atomic E-state index is 3.99. The minimum absolute atomic E-state index is 0.121. The van der Waals surface area contributed by atoms with Crippen LogP contribution in [0.1, 0.15) is 34.9 Å². The van der Waals surface area contributed by atoms with Crippen molar-refractivity contribution in [2.45, 2.75) is 18.2 Å². The molecule has 0 amide bonds. The average molecular weight is 386 g/mol. The van der Waals surface area contributed by atoms with E-state index in [0.717, 1.165) is 0 Å². The summed E-state index contributed by atoms with van der Waals surface area (Å²) in [4.78, 5) is 2.61. The number of nitrogens with one attached hydrogen (secondary N) is 1. The van der Waals surface area contributed by atoms with E-state index in [0.29, 0.717) is 0 Å². The van der Waals surface area contributed by atoms with Gasteiger partial charge in [-0.15, -0.1) is 0 Å². The fourth-order valence-corrected chi connectivity index (χ4v) is 5.20. The summed E-state index contributed by atoms with van der Waals surface area (Å²) in [7, 11) is 2.19. The zero-order valence-electron chi connectivity index (χ0n) is 17.0. The molecule has 0 aliphatic carbocycles. The first-order valence-electron chi connectivity index (χ1n) is 10.7. The van der Waals surface area contributed by atoms with E-state index < -0.39 is 0 Å². The number of anilines is 1. The lowest BCUT2D eigenvalue weighted by atomic mass is 9.82. The molecule has 2 nitrogen and oxygen atoms in total. The summed E-state index contributed by atoms with van der Waals surface area (Å²) < 4.78 is 0. The molecule has 3 atom stereocenters. The molecule has 0 aromatic heterocycles. The van der Waals surface area contributed by atoms with Crippen LogP contribution in [0.4, 0.5) is 5.69 Å². The lowest BCUT2D eigenvalue weighted by Crippen LogP contribution is -2.32. The van der Waals surface area contributed by atoms with Gasteiger partial charge >= 0.3 is 0 Å². The molecule has 0 spiro atoms. The molecule has 3 unspecified atom stereocenters. The zero-order valence-corrected chi connectivity index (χ0v) is 17.0. The Hall–Kier alpha value is -3.30. The van der Waals surface area contributed by atoms with Crippen molar-refractivity contribution in [1.82, 2.24) is 5.32 Å². The molecule has 0 saturated carbocycles. The fourth-order valence-electron chi connectivity index (χ4n) is 5.20. The van der Waals surface area contributed by atoms with Gasteiger partial charge < -0.3 is 4.90 Å². The Morgan fingerprint density at radius 1 is 0.667 bits per heavy atom. The van der Waals surface area contributed by atoms with E-state index in [9.17, 15) is 0 Å². The molecular weight excluding hydrogens is 363 g/mol. The standard InChI is InChI=1S/C27H23BN2/c28-20-15-16-22-21-13-7-8-14-23(21)26-25(18-9-3-1-4-10-18)29-27(30(26)24(22)17-20)19-11-5-2-6-12-19/h1-17,25-27,29H,28H2. The van der Waals surface area contributed by atoms with Crippen LogP contribution in [0.3, 0.4) is 0 Å². The van der Waals surface area contributed by atoms with Crippen LogP contribution in [0.25, 0.3) is 11.1 Å². The topological polar surface area (TPSA) is 15.3 Å². The highest BCUT2D eigenvalue weighted by atomic mass is 15.4. The number of fused-ring (bicyclic) bond motifs is 6.